The minimum Gasteiger partial charge on any atom is -0.464 e. The first kappa shape index (κ1) is 19.3. The van der Waals surface area contributed by atoms with Crippen LogP contribution >= 0.6 is 11.3 Å². The van der Waals surface area contributed by atoms with Gasteiger partial charge in [0.25, 0.3) is 0 Å². The quantitative estimate of drug-likeness (QED) is 0.344. The van der Waals surface area contributed by atoms with E-state index < -0.39 is 5.97 Å². The predicted octanol–water partition coefficient (Wildman–Crippen LogP) is 5.53. The summed E-state index contributed by atoms with van der Waals surface area (Å²) in [4.78, 5) is 13.7. The van der Waals surface area contributed by atoms with Crippen molar-refractivity contribution in [3.05, 3.63) is 95.3 Å². The van der Waals surface area contributed by atoms with Crippen LogP contribution in [0.2, 0.25) is 0 Å². The number of methoxy groups -OCH3 is 1. The Labute approximate surface area is 181 Å². The monoisotopic (exact) mass is 431 g/mol. The Morgan fingerprint density at radius 3 is 2.52 bits per heavy atom. The van der Waals surface area contributed by atoms with Crippen molar-refractivity contribution >= 4 is 28.3 Å². The van der Waals surface area contributed by atoms with Crippen molar-refractivity contribution in [3.8, 4) is 16.3 Å². The van der Waals surface area contributed by atoms with Gasteiger partial charge in [-0.05, 0) is 47.3 Å². The van der Waals surface area contributed by atoms with Crippen LogP contribution in [0, 0.1) is 5.82 Å². The standard InChI is InChI=1S/C24H18FN3O2S/c1-30-24(29)20-14-19-22(21-8-5-13-31-21)26-28(18-6-3-2-4-7-18)23(19)27(20)15-16-9-11-17(25)12-10-16/h2-14H,15H2,1H3. The SMILES string of the molecule is COC(=O)c1cc2c(-c3cccs3)nn(-c3ccccc3)c2n1Cc1ccc(F)cc1. The summed E-state index contributed by atoms with van der Waals surface area (Å²) in [6.45, 7) is 0.372. The number of fused-ring (bicyclic) bond motifs is 1. The molecule has 0 fully saturated rings. The van der Waals surface area contributed by atoms with E-state index in [1.54, 1.807) is 23.5 Å². The van der Waals surface area contributed by atoms with Crippen molar-refractivity contribution in [3.63, 3.8) is 0 Å². The molecule has 3 heterocycles. The van der Waals surface area contributed by atoms with Crippen LogP contribution in [-0.2, 0) is 11.3 Å². The van der Waals surface area contributed by atoms with Gasteiger partial charge in [-0.25, -0.2) is 13.9 Å². The zero-order valence-electron chi connectivity index (χ0n) is 16.7. The zero-order valence-corrected chi connectivity index (χ0v) is 17.5. The molecule has 0 bridgehead atoms. The summed E-state index contributed by atoms with van der Waals surface area (Å²) in [6.07, 6.45) is 0. The second kappa shape index (κ2) is 7.85. The molecule has 0 aliphatic heterocycles. The molecule has 0 atom stereocenters. The highest BCUT2D eigenvalue weighted by molar-refractivity contribution is 7.13. The van der Waals surface area contributed by atoms with Crippen molar-refractivity contribution in [1.29, 1.82) is 0 Å². The number of aromatic nitrogens is 3. The van der Waals surface area contributed by atoms with E-state index in [0.29, 0.717) is 12.2 Å². The van der Waals surface area contributed by atoms with Gasteiger partial charge in [-0.15, -0.1) is 11.3 Å². The predicted molar refractivity (Wildman–Crippen MR) is 119 cm³/mol. The number of para-hydroxylation sites is 1. The van der Waals surface area contributed by atoms with E-state index in [-0.39, 0.29) is 5.82 Å². The normalized spacial score (nSPS) is 11.2. The van der Waals surface area contributed by atoms with Crippen molar-refractivity contribution < 1.29 is 13.9 Å². The van der Waals surface area contributed by atoms with Gasteiger partial charge in [0.15, 0.2) is 0 Å². The van der Waals surface area contributed by atoms with Gasteiger partial charge in [-0.1, -0.05) is 36.4 Å². The summed E-state index contributed by atoms with van der Waals surface area (Å²) < 4.78 is 22.2. The van der Waals surface area contributed by atoms with Gasteiger partial charge in [0.05, 0.1) is 17.7 Å². The van der Waals surface area contributed by atoms with Gasteiger partial charge in [-0.2, -0.15) is 5.10 Å². The lowest BCUT2D eigenvalue weighted by atomic mass is 10.2. The van der Waals surface area contributed by atoms with E-state index in [1.807, 2.05) is 63.2 Å². The van der Waals surface area contributed by atoms with Gasteiger partial charge in [-0.3, -0.25) is 0 Å². The highest BCUT2D eigenvalue weighted by atomic mass is 32.1. The van der Waals surface area contributed by atoms with Crippen LogP contribution in [0.4, 0.5) is 4.39 Å². The van der Waals surface area contributed by atoms with Gasteiger partial charge in [0, 0.05) is 11.9 Å². The van der Waals surface area contributed by atoms with Gasteiger partial charge in [0.1, 0.15) is 22.9 Å². The van der Waals surface area contributed by atoms with Crippen LogP contribution in [0.15, 0.2) is 78.2 Å². The van der Waals surface area contributed by atoms with Gasteiger partial charge >= 0.3 is 5.97 Å². The van der Waals surface area contributed by atoms with Crippen LogP contribution in [0.25, 0.3) is 27.3 Å². The third kappa shape index (κ3) is 3.43. The third-order valence-corrected chi connectivity index (χ3v) is 6.00. The molecule has 154 valence electrons. The number of hydrogen-bond acceptors (Lipinski definition) is 4. The van der Waals surface area contributed by atoms with Crippen molar-refractivity contribution in [2.45, 2.75) is 6.54 Å². The van der Waals surface area contributed by atoms with E-state index in [9.17, 15) is 9.18 Å². The second-order valence-corrected chi connectivity index (χ2v) is 7.99. The van der Waals surface area contributed by atoms with Crippen LogP contribution in [0.1, 0.15) is 16.1 Å². The molecule has 0 saturated carbocycles. The Hall–Kier alpha value is -3.71. The van der Waals surface area contributed by atoms with Crippen molar-refractivity contribution in [2.75, 3.05) is 7.11 Å². The summed E-state index contributed by atoms with van der Waals surface area (Å²) in [6, 6.07) is 21.9. The summed E-state index contributed by atoms with van der Waals surface area (Å²) in [5.41, 5.74) is 3.74. The molecular formula is C24H18FN3O2S. The summed E-state index contributed by atoms with van der Waals surface area (Å²) >= 11 is 1.59. The number of nitrogens with zero attached hydrogens (tertiary/aromatic N) is 3. The van der Waals surface area contributed by atoms with Crippen molar-refractivity contribution in [2.24, 2.45) is 0 Å². The summed E-state index contributed by atoms with van der Waals surface area (Å²) in [7, 11) is 1.37. The van der Waals surface area contributed by atoms with Crippen LogP contribution < -0.4 is 0 Å². The van der Waals surface area contributed by atoms with E-state index in [2.05, 4.69) is 0 Å². The molecule has 5 rings (SSSR count). The Kier molecular flexibility index (Phi) is 4.88. The maximum Gasteiger partial charge on any atom is 0.354 e. The molecule has 2 aromatic carbocycles. The number of thiophene rings is 1. The summed E-state index contributed by atoms with van der Waals surface area (Å²) in [5, 5.41) is 7.75. The number of esters is 1. The Morgan fingerprint density at radius 1 is 1.06 bits per heavy atom. The lowest BCUT2D eigenvalue weighted by Crippen LogP contribution is -2.13. The summed E-state index contributed by atoms with van der Waals surface area (Å²) in [5.74, 6) is -0.737. The van der Waals surface area contributed by atoms with Gasteiger partial charge in [0.2, 0.25) is 0 Å². The highest BCUT2D eigenvalue weighted by Crippen LogP contribution is 2.35. The largest absolute Gasteiger partial charge is 0.464 e. The number of carbonyl (C=O) groups is 1. The number of ether oxygens (including phenoxy) is 1. The molecule has 5 aromatic rings. The molecule has 0 unspecified atom stereocenters. The first-order chi connectivity index (χ1) is 15.2. The minimum atomic E-state index is -0.435. The maximum absolute atomic E-state index is 13.4. The van der Waals surface area contributed by atoms with Crippen molar-refractivity contribution in [1.82, 2.24) is 14.3 Å². The Balaban J connectivity index is 1.80. The molecule has 3 aromatic heterocycles. The fraction of sp³-hybridized carbons (Fsp3) is 0.0833. The molecule has 5 nitrogen and oxygen atoms in total. The molecule has 0 saturated heterocycles. The molecule has 0 aliphatic carbocycles. The third-order valence-electron chi connectivity index (χ3n) is 5.13. The molecule has 0 spiro atoms. The molecular weight excluding hydrogens is 413 g/mol. The molecule has 0 N–H and O–H groups in total. The number of carbonyl (C=O) groups excluding carboxylic acids is 1. The van der Waals surface area contributed by atoms with Crippen LogP contribution in [-0.4, -0.2) is 27.4 Å². The van der Waals surface area contributed by atoms with Crippen LogP contribution in [0.5, 0.6) is 0 Å². The lowest BCUT2D eigenvalue weighted by Gasteiger charge is -2.12. The number of benzene rings is 2. The fourth-order valence-electron chi connectivity index (χ4n) is 3.69. The number of halogens is 1. The average molecular weight is 431 g/mol. The smallest absolute Gasteiger partial charge is 0.354 e. The fourth-order valence-corrected chi connectivity index (χ4v) is 4.42. The molecule has 31 heavy (non-hydrogen) atoms. The minimum absolute atomic E-state index is 0.302. The first-order valence-corrected chi connectivity index (χ1v) is 10.6. The number of hydrogen-bond donors (Lipinski definition) is 0. The lowest BCUT2D eigenvalue weighted by molar-refractivity contribution is 0.0589. The number of rotatable bonds is 5. The molecule has 0 aliphatic rings. The Morgan fingerprint density at radius 2 is 1.84 bits per heavy atom. The van der Waals surface area contributed by atoms with Crippen LogP contribution in [0.3, 0.4) is 0 Å². The average Bonchev–Trinajstić information content (AvgIpc) is 3.52. The first-order valence-electron chi connectivity index (χ1n) is 9.70. The zero-order chi connectivity index (χ0) is 21.4. The highest BCUT2D eigenvalue weighted by Gasteiger charge is 2.24. The Bertz CT molecular complexity index is 1350. The molecule has 0 radical (unpaired) electrons. The van der Waals surface area contributed by atoms with Gasteiger partial charge < -0.3 is 9.30 Å². The van der Waals surface area contributed by atoms with E-state index in [0.717, 1.165) is 32.9 Å². The molecule has 0 amide bonds. The van der Waals surface area contributed by atoms with E-state index >= 15 is 0 Å². The van der Waals surface area contributed by atoms with E-state index in [4.69, 9.17) is 9.84 Å². The van der Waals surface area contributed by atoms with E-state index in [1.165, 1.54) is 19.2 Å². The molecule has 7 heteroatoms. The second-order valence-electron chi connectivity index (χ2n) is 7.04. The topological polar surface area (TPSA) is 49.0 Å². The maximum atomic E-state index is 13.4.